The van der Waals surface area contributed by atoms with Crippen molar-refractivity contribution in [3.8, 4) is 0 Å². The number of thiazole rings is 1. The Kier molecular flexibility index (Phi) is 6.49. The first-order valence-electron chi connectivity index (χ1n) is 7.55. The number of aryl methyl sites for hydroxylation is 1. The molecule has 2 unspecified atom stereocenters. The molecule has 2 heterocycles. The van der Waals surface area contributed by atoms with E-state index in [1.165, 1.54) is 11.3 Å². The molecule has 3 N–H and O–H groups in total. The zero-order chi connectivity index (χ0) is 16.7. The molecule has 0 bridgehead atoms. The Morgan fingerprint density at radius 3 is 2.87 bits per heavy atom. The lowest BCUT2D eigenvalue weighted by Crippen LogP contribution is -2.40. The normalized spacial score (nSPS) is 13.3. The Morgan fingerprint density at radius 2 is 2.26 bits per heavy atom. The number of hydrogen-bond donors (Lipinski definition) is 3. The van der Waals surface area contributed by atoms with Gasteiger partial charge in [-0.3, -0.25) is 4.98 Å². The van der Waals surface area contributed by atoms with Gasteiger partial charge in [0.2, 0.25) is 0 Å². The van der Waals surface area contributed by atoms with E-state index in [1.807, 2.05) is 37.4 Å². The summed E-state index contributed by atoms with van der Waals surface area (Å²) in [5.74, 6) is -0.0620. The van der Waals surface area contributed by atoms with Gasteiger partial charge in [-0.15, -0.1) is 11.3 Å². The first-order chi connectivity index (χ1) is 11.1. The van der Waals surface area contributed by atoms with E-state index in [2.05, 4.69) is 20.6 Å². The van der Waals surface area contributed by atoms with E-state index in [4.69, 9.17) is 0 Å². The number of nitrogens with one attached hydrogen (secondary N) is 2. The number of carbonyl (C=O) groups excluding carboxylic acids is 1. The number of hydrogen-bond acceptors (Lipinski definition) is 5. The van der Waals surface area contributed by atoms with Gasteiger partial charge < -0.3 is 15.7 Å². The van der Waals surface area contributed by atoms with Crippen LogP contribution in [-0.4, -0.2) is 34.3 Å². The summed E-state index contributed by atoms with van der Waals surface area (Å²) < 4.78 is 0. The van der Waals surface area contributed by atoms with E-state index in [0.717, 1.165) is 16.4 Å². The predicted octanol–water partition coefficient (Wildman–Crippen LogP) is 2.06. The molecule has 0 fully saturated rings. The van der Waals surface area contributed by atoms with Crippen molar-refractivity contribution in [3.63, 3.8) is 0 Å². The van der Waals surface area contributed by atoms with Gasteiger partial charge >= 0.3 is 6.03 Å². The molecule has 2 atom stereocenters. The summed E-state index contributed by atoms with van der Waals surface area (Å²) in [6.45, 7) is 4.21. The highest BCUT2D eigenvalue weighted by molar-refractivity contribution is 7.09. The molecule has 23 heavy (non-hydrogen) atoms. The Balaban J connectivity index is 1.78. The van der Waals surface area contributed by atoms with E-state index in [1.54, 1.807) is 6.20 Å². The van der Waals surface area contributed by atoms with Crippen molar-refractivity contribution < 1.29 is 9.90 Å². The van der Waals surface area contributed by atoms with Crippen LogP contribution < -0.4 is 10.6 Å². The highest BCUT2D eigenvalue weighted by atomic mass is 32.1. The second-order valence-electron chi connectivity index (χ2n) is 5.48. The summed E-state index contributed by atoms with van der Waals surface area (Å²) in [7, 11) is 0. The fraction of sp³-hybridized carbons (Fsp3) is 0.438. The zero-order valence-electron chi connectivity index (χ0n) is 13.3. The van der Waals surface area contributed by atoms with Gasteiger partial charge in [-0.05, 0) is 32.4 Å². The molecule has 2 rings (SSSR count). The molecule has 2 aromatic heterocycles. The molecule has 0 saturated heterocycles. The minimum absolute atomic E-state index is 0.00190. The van der Waals surface area contributed by atoms with E-state index >= 15 is 0 Å². The number of pyridine rings is 1. The number of carbonyl (C=O) groups is 1. The third kappa shape index (κ3) is 5.61. The minimum atomic E-state index is -0.259. The number of nitrogens with zero attached hydrogens (tertiary/aromatic N) is 2. The number of aromatic nitrogens is 2. The van der Waals surface area contributed by atoms with Gasteiger partial charge in [-0.1, -0.05) is 6.07 Å². The minimum Gasteiger partial charge on any atom is -0.396 e. The van der Waals surface area contributed by atoms with Crippen LogP contribution in [0.3, 0.4) is 0 Å². The maximum absolute atomic E-state index is 12.0. The molecule has 0 spiro atoms. The summed E-state index contributed by atoms with van der Waals surface area (Å²) in [5.41, 5.74) is 1.86. The molecule has 0 aliphatic carbocycles. The van der Waals surface area contributed by atoms with Crippen LogP contribution in [0.4, 0.5) is 4.79 Å². The lowest BCUT2D eigenvalue weighted by atomic mass is 10.0. The second kappa shape index (κ2) is 8.59. The van der Waals surface area contributed by atoms with Crippen LogP contribution in [0.25, 0.3) is 0 Å². The Labute approximate surface area is 140 Å². The third-order valence-electron chi connectivity index (χ3n) is 3.39. The quantitative estimate of drug-likeness (QED) is 0.723. The van der Waals surface area contributed by atoms with Crippen LogP contribution in [0.2, 0.25) is 0 Å². The van der Waals surface area contributed by atoms with Gasteiger partial charge in [0, 0.05) is 42.0 Å². The van der Waals surface area contributed by atoms with Crippen molar-refractivity contribution in [3.05, 3.63) is 46.2 Å². The van der Waals surface area contributed by atoms with Gasteiger partial charge in [-0.2, -0.15) is 0 Å². The van der Waals surface area contributed by atoms with Gasteiger partial charge in [0.1, 0.15) is 5.01 Å². The molecule has 0 radical (unpaired) electrons. The standard InChI is InChI=1S/C16H22N4O2S/c1-11-10-23-15(19-11)12(2)20-16(22)18-8-13(9-21)7-14-5-3-4-6-17-14/h3-6,10,12-13,21H,7-9H2,1-2H3,(H2,18,20,22). The van der Waals surface area contributed by atoms with E-state index in [0.29, 0.717) is 13.0 Å². The second-order valence-corrected chi connectivity index (χ2v) is 6.37. The number of aliphatic hydroxyl groups is 1. The molecule has 0 aromatic carbocycles. The van der Waals surface area contributed by atoms with Gasteiger partial charge in [0.15, 0.2) is 0 Å². The first-order valence-corrected chi connectivity index (χ1v) is 8.43. The average Bonchev–Trinajstić information content (AvgIpc) is 2.99. The highest BCUT2D eigenvalue weighted by Gasteiger charge is 2.15. The van der Waals surface area contributed by atoms with Gasteiger partial charge in [0.05, 0.1) is 6.04 Å². The topological polar surface area (TPSA) is 87.1 Å². The third-order valence-corrected chi connectivity index (χ3v) is 4.53. The molecule has 0 saturated carbocycles. The number of urea groups is 1. The van der Waals surface area contributed by atoms with E-state index in [-0.39, 0.29) is 24.6 Å². The average molecular weight is 334 g/mol. The van der Waals surface area contributed by atoms with Crippen LogP contribution in [0.15, 0.2) is 29.8 Å². The Bertz CT molecular complexity index is 618. The molecular formula is C16H22N4O2S. The predicted molar refractivity (Wildman–Crippen MR) is 90.3 cm³/mol. The van der Waals surface area contributed by atoms with Gasteiger partial charge in [0.25, 0.3) is 0 Å². The van der Waals surface area contributed by atoms with E-state index < -0.39 is 0 Å². The number of aliphatic hydroxyl groups excluding tert-OH is 1. The van der Waals surface area contributed by atoms with Crippen LogP contribution in [0.1, 0.15) is 29.4 Å². The molecule has 6 nitrogen and oxygen atoms in total. The molecule has 0 aliphatic rings. The smallest absolute Gasteiger partial charge is 0.315 e. The van der Waals surface area contributed by atoms with Crippen molar-refractivity contribution in [2.75, 3.05) is 13.2 Å². The Hall–Kier alpha value is -1.99. The monoisotopic (exact) mass is 334 g/mol. The summed E-state index contributed by atoms with van der Waals surface area (Å²) in [6.07, 6.45) is 2.35. The van der Waals surface area contributed by atoms with Crippen LogP contribution in [0.5, 0.6) is 0 Å². The Morgan fingerprint density at radius 1 is 1.43 bits per heavy atom. The number of rotatable bonds is 7. The number of amides is 2. The molecule has 124 valence electrons. The fourth-order valence-corrected chi connectivity index (χ4v) is 2.94. The summed E-state index contributed by atoms with van der Waals surface area (Å²) in [5, 5.41) is 17.9. The lowest BCUT2D eigenvalue weighted by Gasteiger charge is -2.17. The largest absolute Gasteiger partial charge is 0.396 e. The summed E-state index contributed by atoms with van der Waals surface area (Å²) in [6, 6.07) is 5.27. The maximum Gasteiger partial charge on any atom is 0.315 e. The van der Waals surface area contributed by atoms with Crippen LogP contribution >= 0.6 is 11.3 Å². The fourth-order valence-electron chi connectivity index (χ4n) is 2.13. The molecule has 7 heteroatoms. The van der Waals surface area contributed by atoms with Crippen LogP contribution in [-0.2, 0) is 6.42 Å². The maximum atomic E-state index is 12.0. The SMILES string of the molecule is Cc1csc(C(C)NC(=O)NCC(CO)Cc2ccccn2)n1. The summed E-state index contributed by atoms with van der Waals surface area (Å²) in [4.78, 5) is 20.6. The molecule has 2 amide bonds. The summed E-state index contributed by atoms with van der Waals surface area (Å²) >= 11 is 1.53. The van der Waals surface area contributed by atoms with E-state index in [9.17, 15) is 9.90 Å². The van der Waals surface area contributed by atoms with Crippen LogP contribution in [0, 0.1) is 12.8 Å². The molecule has 2 aromatic rings. The zero-order valence-corrected chi connectivity index (χ0v) is 14.1. The van der Waals surface area contributed by atoms with Crippen molar-refractivity contribution in [2.24, 2.45) is 5.92 Å². The lowest BCUT2D eigenvalue weighted by molar-refractivity contribution is 0.212. The first kappa shape index (κ1) is 17.4. The van der Waals surface area contributed by atoms with Crippen molar-refractivity contribution in [1.29, 1.82) is 0 Å². The van der Waals surface area contributed by atoms with Gasteiger partial charge in [-0.25, -0.2) is 9.78 Å². The molecule has 0 aliphatic heterocycles. The van der Waals surface area contributed by atoms with Crippen molar-refractivity contribution >= 4 is 17.4 Å². The molecular weight excluding hydrogens is 312 g/mol. The van der Waals surface area contributed by atoms with Crippen molar-refractivity contribution in [1.82, 2.24) is 20.6 Å². The van der Waals surface area contributed by atoms with Crippen molar-refractivity contribution in [2.45, 2.75) is 26.3 Å². The highest BCUT2D eigenvalue weighted by Crippen LogP contribution is 2.17.